The van der Waals surface area contributed by atoms with Crippen molar-refractivity contribution >= 4 is 45.7 Å². The minimum atomic E-state index is -0.433. The van der Waals surface area contributed by atoms with Crippen molar-refractivity contribution in [3.63, 3.8) is 0 Å². The molecule has 35 heavy (non-hydrogen) atoms. The van der Waals surface area contributed by atoms with E-state index in [1.54, 1.807) is 35.2 Å². The number of aromatic nitrogens is 2. The molecule has 7 nitrogen and oxygen atoms in total. The van der Waals surface area contributed by atoms with Crippen LogP contribution in [-0.2, 0) is 0 Å². The van der Waals surface area contributed by atoms with Crippen LogP contribution in [0.1, 0.15) is 34.3 Å². The smallest absolute Gasteiger partial charge is 0.258 e. The molecule has 0 spiro atoms. The minimum Gasteiger partial charge on any atom is -0.365 e. The lowest BCUT2D eigenvalue weighted by atomic mass is 9.98. The largest absolute Gasteiger partial charge is 0.365 e. The standard InChI is InChI=1S/C27H24FN5O2/c1-2-16-5-3-7-20(22(16)14-29)27(35)33-12-4-6-18(15-33)31-25-19-9-8-17(28)13-21(19)24-23(32-25)10-11-30-26(24)34/h2-3,5,7-11,13-14,18,29H,1,4,6,12,15H2,(H,30,34)(H,31,32)/t18-/m1/s1. The number of anilines is 1. The van der Waals surface area contributed by atoms with Gasteiger partial charge in [0.05, 0.1) is 10.9 Å². The van der Waals surface area contributed by atoms with E-state index in [0.717, 1.165) is 18.4 Å². The second-order valence-electron chi connectivity index (χ2n) is 8.61. The van der Waals surface area contributed by atoms with Crippen molar-refractivity contribution in [3.05, 3.63) is 88.1 Å². The van der Waals surface area contributed by atoms with Gasteiger partial charge in [0.15, 0.2) is 0 Å². The van der Waals surface area contributed by atoms with E-state index in [1.807, 2.05) is 6.07 Å². The number of amides is 1. The van der Waals surface area contributed by atoms with Crippen LogP contribution in [0.15, 0.2) is 60.0 Å². The van der Waals surface area contributed by atoms with E-state index in [1.165, 1.54) is 24.5 Å². The molecule has 0 unspecified atom stereocenters. The summed E-state index contributed by atoms with van der Waals surface area (Å²) in [5, 5.41) is 12.7. The van der Waals surface area contributed by atoms with Crippen molar-refractivity contribution in [2.24, 2.45) is 0 Å². The normalized spacial score (nSPS) is 15.8. The number of piperidine rings is 1. The number of hydrogen-bond donors (Lipinski definition) is 3. The monoisotopic (exact) mass is 469 g/mol. The van der Waals surface area contributed by atoms with Gasteiger partial charge in [0.25, 0.3) is 11.5 Å². The lowest BCUT2D eigenvalue weighted by Gasteiger charge is -2.34. The number of hydrogen-bond acceptors (Lipinski definition) is 5. The highest BCUT2D eigenvalue weighted by molar-refractivity contribution is 6.09. The highest BCUT2D eigenvalue weighted by atomic mass is 19.1. The van der Waals surface area contributed by atoms with Crippen LogP contribution in [0.2, 0.25) is 0 Å². The summed E-state index contributed by atoms with van der Waals surface area (Å²) in [4.78, 5) is 34.9. The fourth-order valence-corrected chi connectivity index (χ4v) is 4.79. The van der Waals surface area contributed by atoms with Gasteiger partial charge in [-0.05, 0) is 48.7 Å². The summed E-state index contributed by atoms with van der Waals surface area (Å²) in [5.41, 5.74) is 1.91. The molecule has 0 saturated carbocycles. The summed E-state index contributed by atoms with van der Waals surface area (Å²) in [6.07, 6.45) is 5.97. The molecule has 5 rings (SSSR count). The molecule has 1 atom stereocenters. The van der Waals surface area contributed by atoms with Crippen molar-refractivity contribution in [3.8, 4) is 0 Å². The molecule has 3 N–H and O–H groups in total. The molecule has 1 fully saturated rings. The number of nitrogens with one attached hydrogen (secondary N) is 3. The number of likely N-dealkylation sites (tertiary alicyclic amines) is 1. The summed E-state index contributed by atoms with van der Waals surface area (Å²) in [6.45, 7) is 4.84. The number of pyridine rings is 2. The molecule has 2 aromatic carbocycles. The molecule has 1 aliphatic heterocycles. The van der Waals surface area contributed by atoms with Gasteiger partial charge in [-0.1, -0.05) is 24.8 Å². The molecule has 0 radical (unpaired) electrons. The van der Waals surface area contributed by atoms with Crippen molar-refractivity contribution in [2.45, 2.75) is 18.9 Å². The topological polar surface area (TPSA) is 102 Å². The zero-order chi connectivity index (χ0) is 24.5. The maximum atomic E-state index is 14.1. The Labute approximate surface area is 200 Å². The van der Waals surface area contributed by atoms with Gasteiger partial charge in [-0.2, -0.15) is 0 Å². The van der Waals surface area contributed by atoms with Gasteiger partial charge in [0.1, 0.15) is 11.6 Å². The molecule has 176 valence electrons. The van der Waals surface area contributed by atoms with Crippen LogP contribution in [0.4, 0.5) is 10.2 Å². The van der Waals surface area contributed by atoms with Crippen molar-refractivity contribution < 1.29 is 9.18 Å². The predicted molar refractivity (Wildman–Crippen MR) is 137 cm³/mol. The fraction of sp³-hybridized carbons (Fsp3) is 0.185. The maximum Gasteiger partial charge on any atom is 0.258 e. The Morgan fingerprint density at radius 3 is 2.91 bits per heavy atom. The van der Waals surface area contributed by atoms with Crippen LogP contribution in [0.25, 0.3) is 27.8 Å². The van der Waals surface area contributed by atoms with E-state index >= 15 is 0 Å². The molecule has 1 saturated heterocycles. The Hall–Kier alpha value is -4.33. The molecule has 4 aromatic rings. The van der Waals surface area contributed by atoms with Gasteiger partial charge in [-0.15, -0.1) is 0 Å². The second-order valence-corrected chi connectivity index (χ2v) is 8.61. The third kappa shape index (κ3) is 4.07. The predicted octanol–water partition coefficient (Wildman–Crippen LogP) is 4.57. The quantitative estimate of drug-likeness (QED) is 0.294. The zero-order valence-corrected chi connectivity index (χ0v) is 19.0. The Morgan fingerprint density at radius 1 is 1.26 bits per heavy atom. The second kappa shape index (κ2) is 9.13. The highest BCUT2D eigenvalue weighted by Gasteiger charge is 2.27. The van der Waals surface area contributed by atoms with Gasteiger partial charge in [0, 0.05) is 53.4 Å². The first-order chi connectivity index (χ1) is 17.0. The Morgan fingerprint density at radius 2 is 2.11 bits per heavy atom. The molecule has 8 heteroatoms. The summed E-state index contributed by atoms with van der Waals surface area (Å²) in [5.74, 6) is -0.0210. The molecule has 3 heterocycles. The van der Waals surface area contributed by atoms with Crippen LogP contribution in [0, 0.1) is 11.2 Å². The first-order valence-electron chi connectivity index (χ1n) is 11.4. The minimum absolute atomic E-state index is 0.0843. The van der Waals surface area contributed by atoms with Gasteiger partial charge in [-0.3, -0.25) is 9.59 Å². The third-order valence-electron chi connectivity index (χ3n) is 6.46. The van der Waals surface area contributed by atoms with E-state index in [9.17, 15) is 14.0 Å². The van der Waals surface area contributed by atoms with Gasteiger partial charge < -0.3 is 20.6 Å². The Bertz CT molecular complexity index is 1540. The average molecular weight is 470 g/mol. The van der Waals surface area contributed by atoms with Crippen LogP contribution in [0.5, 0.6) is 0 Å². The number of fused-ring (bicyclic) bond motifs is 3. The Balaban J connectivity index is 1.47. The zero-order valence-electron chi connectivity index (χ0n) is 19.0. The van der Waals surface area contributed by atoms with Gasteiger partial charge in [0.2, 0.25) is 0 Å². The van der Waals surface area contributed by atoms with E-state index in [4.69, 9.17) is 5.41 Å². The number of nitrogens with zero attached hydrogens (tertiary/aromatic N) is 2. The van der Waals surface area contributed by atoms with Crippen molar-refractivity contribution in [1.82, 2.24) is 14.9 Å². The van der Waals surface area contributed by atoms with Crippen LogP contribution in [-0.4, -0.2) is 46.1 Å². The summed E-state index contributed by atoms with van der Waals surface area (Å²) < 4.78 is 14.1. The van der Waals surface area contributed by atoms with Crippen LogP contribution >= 0.6 is 0 Å². The lowest BCUT2D eigenvalue weighted by molar-refractivity contribution is 0.0714. The molecule has 1 amide bonds. The number of carbonyl (C=O) groups is 1. The first-order valence-corrected chi connectivity index (χ1v) is 11.4. The van der Waals surface area contributed by atoms with E-state index in [2.05, 4.69) is 21.9 Å². The molecule has 0 bridgehead atoms. The SMILES string of the molecule is C=Cc1cccc(C(=O)N2CCC[C@@H](Nc3nc4cc[nH]c(=O)c4c4cc(F)ccc34)C2)c1C=N. The van der Waals surface area contributed by atoms with E-state index in [0.29, 0.717) is 51.7 Å². The third-order valence-corrected chi connectivity index (χ3v) is 6.46. The highest BCUT2D eigenvalue weighted by Crippen LogP contribution is 2.29. The number of benzene rings is 2. The van der Waals surface area contributed by atoms with Crippen molar-refractivity contribution in [1.29, 1.82) is 5.41 Å². The number of rotatable bonds is 5. The summed E-state index contributed by atoms with van der Waals surface area (Å²) >= 11 is 0. The Kier molecular flexibility index (Phi) is 5.86. The number of aromatic amines is 1. The number of H-pyrrole nitrogens is 1. The number of carbonyl (C=O) groups excluding carboxylic acids is 1. The van der Waals surface area contributed by atoms with E-state index < -0.39 is 5.82 Å². The molecule has 2 aromatic heterocycles. The number of halogens is 1. The molecule has 0 aliphatic carbocycles. The van der Waals surface area contributed by atoms with Crippen LogP contribution < -0.4 is 10.9 Å². The van der Waals surface area contributed by atoms with Gasteiger partial charge in [-0.25, -0.2) is 9.37 Å². The van der Waals surface area contributed by atoms with E-state index in [-0.39, 0.29) is 17.5 Å². The summed E-state index contributed by atoms with van der Waals surface area (Å²) in [7, 11) is 0. The average Bonchev–Trinajstić information content (AvgIpc) is 2.87. The van der Waals surface area contributed by atoms with Crippen LogP contribution in [0.3, 0.4) is 0 Å². The molecule has 1 aliphatic rings. The lowest BCUT2D eigenvalue weighted by Crippen LogP contribution is -2.45. The molecular weight excluding hydrogens is 445 g/mol. The fourth-order valence-electron chi connectivity index (χ4n) is 4.79. The van der Waals surface area contributed by atoms with Gasteiger partial charge >= 0.3 is 0 Å². The summed E-state index contributed by atoms with van der Waals surface area (Å²) in [6, 6.07) is 11.3. The maximum absolute atomic E-state index is 14.1. The first kappa shape index (κ1) is 22.5. The molecular formula is C27H24FN5O2. The van der Waals surface area contributed by atoms with Crippen molar-refractivity contribution in [2.75, 3.05) is 18.4 Å².